The average Bonchev–Trinajstić information content (AvgIpc) is 2.61. The van der Waals surface area contributed by atoms with E-state index in [-0.39, 0.29) is 12.4 Å². The number of sulfone groups is 1. The molecule has 2 aromatic heterocycles. The molecule has 2 heterocycles. The van der Waals surface area contributed by atoms with Crippen molar-refractivity contribution in [3.8, 4) is 17.1 Å². The third-order valence-electron chi connectivity index (χ3n) is 3.23. The Balaban J connectivity index is 1.72. The van der Waals surface area contributed by atoms with Gasteiger partial charge in [0.1, 0.15) is 29.4 Å². The van der Waals surface area contributed by atoms with Crippen LogP contribution in [0.5, 0.6) is 5.75 Å². The van der Waals surface area contributed by atoms with Crippen LogP contribution in [0.2, 0.25) is 0 Å². The molecule has 0 aliphatic heterocycles. The quantitative estimate of drug-likeness (QED) is 0.687. The van der Waals surface area contributed by atoms with Crippen molar-refractivity contribution in [2.24, 2.45) is 0 Å². The van der Waals surface area contributed by atoms with Gasteiger partial charge in [-0.3, -0.25) is 0 Å². The molecule has 9 heteroatoms. The Kier molecular flexibility index (Phi) is 4.66. The predicted octanol–water partition coefficient (Wildman–Crippen LogP) is 2.06. The number of rotatable bonds is 5. The smallest absolute Gasteiger partial charge is 0.178 e. The van der Waals surface area contributed by atoms with Crippen molar-refractivity contribution < 1.29 is 17.5 Å². The van der Waals surface area contributed by atoms with Gasteiger partial charge in [-0.15, -0.1) is 0 Å². The maximum atomic E-state index is 13.6. The first-order valence-corrected chi connectivity index (χ1v) is 9.01. The molecule has 0 spiro atoms. The van der Waals surface area contributed by atoms with Crippen molar-refractivity contribution in [1.29, 1.82) is 0 Å². The number of hydrogen-bond acceptors (Lipinski definition) is 7. The van der Waals surface area contributed by atoms with Crippen molar-refractivity contribution in [2.45, 2.75) is 11.5 Å². The molecule has 0 aliphatic carbocycles. The minimum absolute atomic E-state index is 0.112. The van der Waals surface area contributed by atoms with Gasteiger partial charge in [-0.05, 0) is 12.1 Å². The van der Waals surface area contributed by atoms with E-state index in [1.807, 2.05) is 0 Å². The Morgan fingerprint density at radius 3 is 2.40 bits per heavy atom. The van der Waals surface area contributed by atoms with E-state index in [9.17, 15) is 12.8 Å². The third-order valence-corrected chi connectivity index (χ3v) is 4.34. The fourth-order valence-corrected chi connectivity index (χ4v) is 2.77. The van der Waals surface area contributed by atoms with E-state index in [2.05, 4.69) is 19.9 Å². The van der Waals surface area contributed by atoms with Gasteiger partial charge in [0, 0.05) is 42.7 Å². The fraction of sp³-hybridized carbons (Fsp3) is 0.125. The standard InChI is InChI=1S/C16H13FN4O3S/c1-25(22,23)15-4-13(2-3-14(15)17)24-9-11-5-20-16(21-6-11)12-7-18-10-19-8-12/h2-8,10H,9H2,1H3. The molecule has 3 aromatic rings. The topological polar surface area (TPSA) is 94.9 Å². The molecule has 0 fully saturated rings. The molecule has 0 saturated carbocycles. The lowest BCUT2D eigenvalue weighted by Gasteiger charge is -2.08. The highest BCUT2D eigenvalue weighted by atomic mass is 32.2. The highest BCUT2D eigenvalue weighted by Gasteiger charge is 2.14. The molecular formula is C16H13FN4O3S. The maximum absolute atomic E-state index is 13.6. The van der Waals surface area contributed by atoms with Gasteiger partial charge in [-0.1, -0.05) is 0 Å². The second-order valence-corrected chi connectivity index (χ2v) is 7.18. The molecule has 128 valence electrons. The lowest BCUT2D eigenvalue weighted by molar-refractivity contribution is 0.303. The summed E-state index contributed by atoms with van der Waals surface area (Å²) in [4.78, 5) is 15.8. The molecule has 7 nitrogen and oxygen atoms in total. The van der Waals surface area contributed by atoms with Crippen LogP contribution >= 0.6 is 0 Å². The molecule has 0 radical (unpaired) electrons. The fourth-order valence-electron chi connectivity index (χ4n) is 2.02. The summed E-state index contributed by atoms with van der Waals surface area (Å²) >= 11 is 0. The summed E-state index contributed by atoms with van der Waals surface area (Å²) in [6.45, 7) is 0.112. The molecule has 1 aromatic carbocycles. The molecule has 0 N–H and O–H groups in total. The van der Waals surface area contributed by atoms with Gasteiger partial charge < -0.3 is 4.74 Å². The summed E-state index contributed by atoms with van der Waals surface area (Å²) in [5, 5.41) is 0. The second-order valence-electron chi connectivity index (χ2n) is 5.20. The highest BCUT2D eigenvalue weighted by molar-refractivity contribution is 7.90. The van der Waals surface area contributed by atoms with Crippen LogP contribution in [0.4, 0.5) is 4.39 Å². The Morgan fingerprint density at radius 1 is 1.08 bits per heavy atom. The van der Waals surface area contributed by atoms with Crippen LogP contribution in [0.15, 0.2) is 54.2 Å². The first-order valence-electron chi connectivity index (χ1n) is 7.12. The van der Waals surface area contributed by atoms with Crippen molar-refractivity contribution in [3.05, 3.63) is 60.7 Å². The van der Waals surface area contributed by atoms with E-state index in [0.717, 1.165) is 18.4 Å². The predicted molar refractivity (Wildman–Crippen MR) is 86.9 cm³/mol. The van der Waals surface area contributed by atoms with Gasteiger partial charge in [-0.25, -0.2) is 32.7 Å². The minimum Gasteiger partial charge on any atom is -0.489 e. The maximum Gasteiger partial charge on any atom is 0.178 e. The number of hydrogen-bond donors (Lipinski definition) is 0. The monoisotopic (exact) mass is 360 g/mol. The van der Waals surface area contributed by atoms with E-state index in [1.165, 1.54) is 12.4 Å². The zero-order chi connectivity index (χ0) is 17.9. The van der Waals surface area contributed by atoms with Gasteiger partial charge in [0.05, 0.1) is 5.56 Å². The molecule has 0 atom stereocenters. The Labute approximate surface area is 143 Å². The zero-order valence-electron chi connectivity index (χ0n) is 13.1. The van der Waals surface area contributed by atoms with E-state index < -0.39 is 20.5 Å². The number of aromatic nitrogens is 4. The van der Waals surface area contributed by atoms with Crippen molar-refractivity contribution in [2.75, 3.05) is 6.26 Å². The summed E-state index contributed by atoms with van der Waals surface area (Å²) in [5.41, 5.74) is 1.36. The summed E-state index contributed by atoms with van der Waals surface area (Å²) in [6.07, 6.45) is 8.72. The molecule has 0 bridgehead atoms. The summed E-state index contributed by atoms with van der Waals surface area (Å²) < 4.78 is 42.1. The van der Waals surface area contributed by atoms with Crippen molar-refractivity contribution >= 4 is 9.84 Å². The van der Waals surface area contributed by atoms with Crippen LogP contribution in [0.25, 0.3) is 11.4 Å². The first kappa shape index (κ1) is 16.9. The zero-order valence-corrected chi connectivity index (χ0v) is 13.9. The van der Waals surface area contributed by atoms with E-state index in [4.69, 9.17) is 4.74 Å². The van der Waals surface area contributed by atoms with Gasteiger partial charge in [0.15, 0.2) is 15.7 Å². The van der Waals surface area contributed by atoms with E-state index >= 15 is 0 Å². The van der Waals surface area contributed by atoms with Crippen LogP contribution in [-0.4, -0.2) is 34.6 Å². The molecule has 0 aliphatic rings. The van der Waals surface area contributed by atoms with Crippen molar-refractivity contribution in [1.82, 2.24) is 19.9 Å². The van der Waals surface area contributed by atoms with E-state index in [0.29, 0.717) is 17.0 Å². The van der Waals surface area contributed by atoms with Crippen LogP contribution < -0.4 is 4.74 Å². The van der Waals surface area contributed by atoms with Gasteiger partial charge >= 0.3 is 0 Å². The Bertz CT molecular complexity index is 980. The van der Waals surface area contributed by atoms with Crippen molar-refractivity contribution in [3.63, 3.8) is 0 Å². The first-order chi connectivity index (χ1) is 11.9. The number of nitrogens with zero attached hydrogens (tertiary/aromatic N) is 4. The number of ether oxygens (including phenoxy) is 1. The molecule has 3 rings (SSSR count). The van der Waals surface area contributed by atoms with E-state index in [1.54, 1.807) is 24.8 Å². The van der Waals surface area contributed by atoms with Crippen LogP contribution in [0.1, 0.15) is 5.56 Å². The van der Waals surface area contributed by atoms with Gasteiger partial charge in [0.2, 0.25) is 0 Å². The third kappa shape index (κ3) is 4.13. The molecule has 0 amide bonds. The van der Waals surface area contributed by atoms with Crippen LogP contribution in [0.3, 0.4) is 0 Å². The second kappa shape index (κ2) is 6.89. The molecule has 0 saturated heterocycles. The molecular weight excluding hydrogens is 347 g/mol. The lowest BCUT2D eigenvalue weighted by atomic mass is 10.3. The molecule has 0 unspecified atom stereocenters. The molecule has 25 heavy (non-hydrogen) atoms. The lowest BCUT2D eigenvalue weighted by Crippen LogP contribution is -2.03. The number of halogens is 1. The highest BCUT2D eigenvalue weighted by Crippen LogP contribution is 2.22. The summed E-state index contributed by atoms with van der Waals surface area (Å²) in [5.74, 6) is -0.0968. The Morgan fingerprint density at radius 2 is 1.76 bits per heavy atom. The van der Waals surface area contributed by atoms with Gasteiger partial charge in [-0.2, -0.15) is 0 Å². The van der Waals surface area contributed by atoms with Crippen LogP contribution in [0, 0.1) is 5.82 Å². The largest absolute Gasteiger partial charge is 0.489 e. The minimum atomic E-state index is -3.67. The average molecular weight is 360 g/mol. The normalized spacial score (nSPS) is 11.3. The number of benzene rings is 1. The summed E-state index contributed by atoms with van der Waals surface area (Å²) in [6, 6.07) is 3.57. The van der Waals surface area contributed by atoms with Gasteiger partial charge in [0.25, 0.3) is 0 Å². The summed E-state index contributed by atoms with van der Waals surface area (Å²) in [7, 11) is -3.67. The Hall–Kier alpha value is -2.94. The SMILES string of the molecule is CS(=O)(=O)c1cc(OCc2cnc(-c3cncnc3)nc2)ccc1F. The van der Waals surface area contributed by atoms with Crippen LogP contribution in [-0.2, 0) is 16.4 Å².